The number of aromatic nitrogens is 1. The molecule has 3 aromatic carbocycles. The zero-order chi connectivity index (χ0) is 16.3. The van der Waals surface area contributed by atoms with Gasteiger partial charge in [0.15, 0.2) is 11.6 Å². The summed E-state index contributed by atoms with van der Waals surface area (Å²) in [5.41, 5.74) is 3.45. The summed E-state index contributed by atoms with van der Waals surface area (Å²) in [4.78, 5) is 30.2. The van der Waals surface area contributed by atoms with Crippen LogP contribution < -0.4 is 0 Å². The van der Waals surface area contributed by atoms with Crippen molar-refractivity contribution in [2.24, 2.45) is 0 Å². The van der Waals surface area contributed by atoms with Crippen LogP contribution in [-0.4, -0.2) is 16.6 Å². The fourth-order valence-electron chi connectivity index (χ4n) is 3.37. The lowest BCUT2D eigenvalue weighted by molar-refractivity contribution is 0.0979. The second-order valence-corrected chi connectivity index (χ2v) is 5.98. The van der Waals surface area contributed by atoms with Gasteiger partial charge in [0.2, 0.25) is 0 Å². The summed E-state index contributed by atoms with van der Waals surface area (Å²) in [5.74, 6) is -0.215. The van der Waals surface area contributed by atoms with Crippen LogP contribution in [0.1, 0.15) is 31.8 Å². The predicted octanol–water partition coefficient (Wildman–Crippen LogP) is 4.16. The lowest BCUT2D eigenvalue weighted by Gasteiger charge is -2.18. The Morgan fingerprint density at radius 2 is 1.17 bits per heavy atom. The van der Waals surface area contributed by atoms with Gasteiger partial charge in [-0.05, 0) is 24.3 Å². The number of para-hydroxylation sites is 1. The molecular weight excluding hydrogens is 298 g/mol. The molecule has 1 aromatic heterocycles. The Bertz CT molecular complexity index is 1100. The van der Waals surface area contributed by atoms with Gasteiger partial charge >= 0.3 is 0 Å². The van der Waals surface area contributed by atoms with E-state index in [1.165, 1.54) is 0 Å². The summed E-state index contributed by atoms with van der Waals surface area (Å²) in [6.45, 7) is 0. The predicted molar refractivity (Wildman–Crippen MR) is 92.6 cm³/mol. The van der Waals surface area contributed by atoms with E-state index in [4.69, 9.17) is 0 Å². The maximum absolute atomic E-state index is 12.8. The zero-order valence-corrected chi connectivity index (χ0v) is 12.6. The van der Waals surface area contributed by atoms with Crippen LogP contribution in [0.15, 0.2) is 66.7 Å². The highest BCUT2D eigenvalue weighted by Crippen LogP contribution is 2.31. The number of hydrogen-bond acceptors (Lipinski definition) is 3. The van der Waals surface area contributed by atoms with E-state index < -0.39 is 0 Å². The molecule has 4 aromatic rings. The maximum atomic E-state index is 12.8. The van der Waals surface area contributed by atoms with Crippen molar-refractivity contribution in [3.05, 3.63) is 89.0 Å². The van der Waals surface area contributed by atoms with E-state index in [1.54, 1.807) is 36.4 Å². The number of nitrogens with zero attached hydrogens (tertiary/aromatic N) is 1. The van der Waals surface area contributed by atoms with Crippen molar-refractivity contribution < 1.29 is 9.59 Å². The van der Waals surface area contributed by atoms with E-state index in [0.717, 1.165) is 21.8 Å². The van der Waals surface area contributed by atoms with Crippen molar-refractivity contribution in [2.75, 3.05) is 0 Å². The van der Waals surface area contributed by atoms with Crippen molar-refractivity contribution in [3.8, 4) is 0 Å². The molecule has 0 bridgehead atoms. The van der Waals surface area contributed by atoms with Gasteiger partial charge in [-0.1, -0.05) is 42.5 Å². The maximum Gasteiger partial charge on any atom is 0.194 e. The first-order valence-electron chi connectivity index (χ1n) is 7.74. The molecule has 0 fully saturated rings. The Kier molecular flexibility index (Phi) is 2.51. The minimum absolute atomic E-state index is 0.102. The molecule has 0 N–H and O–H groups in total. The number of fused-ring (bicyclic) bond motifs is 4. The number of carbonyl (C=O) groups excluding carboxylic acids is 2. The molecule has 0 atom stereocenters. The van der Waals surface area contributed by atoms with Crippen LogP contribution in [-0.2, 0) is 0 Å². The highest BCUT2D eigenvalue weighted by molar-refractivity contribution is 6.29. The number of hydrogen-bond donors (Lipinski definition) is 0. The lowest BCUT2D eigenvalue weighted by atomic mass is 9.83. The molecule has 1 aliphatic rings. The van der Waals surface area contributed by atoms with Crippen LogP contribution in [0, 0.1) is 0 Å². The third-order valence-electron chi connectivity index (χ3n) is 4.56. The first-order chi connectivity index (χ1) is 11.7. The summed E-state index contributed by atoms with van der Waals surface area (Å²) < 4.78 is 0. The second-order valence-electron chi connectivity index (χ2n) is 5.98. The molecule has 0 spiro atoms. The summed E-state index contributed by atoms with van der Waals surface area (Å²) >= 11 is 0. The molecule has 0 aliphatic heterocycles. The van der Waals surface area contributed by atoms with E-state index in [2.05, 4.69) is 4.98 Å². The number of pyridine rings is 1. The highest BCUT2D eigenvalue weighted by Gasteiger charge is 2.29. The average molecular weight is 309 g/mol. The first-order valence-corrected chi connectivity index (χ1v) is 7.74. The largest absolute Gasteiger partial charge is 0.289 e. The van der Waals surface area contributed by atoms with Crippen molar-refractivity contribution in [3.63, 3.8) is 0 Å². The Labute approximate surface area is 137 Å². The Hall–Kier alpha value is -3.33. The topological polar surface area (TPSA) is 47.0 Å². The number of rotatable bonds is 0. The van der Waals surface area contributed by atoms with Crippen LogP contribution in [0.4, 0.5) is 0 Å². The summed E-state index contributed by atoms with van der Waals surface area (Å²) in [5, 5.41) is 1.88. The molecule has 3 nitrogen and oxygen atoms in total. The second kappa shape index (κ2) is 4.59. The molecule has 5 rings (SSSR count). The number of carbonyl (C=O) groups is 2. The SMILES string of the molecule is O=C1c2ccccc2C(=O)c2cc3nc4ccccc4cc3cc21. The summed E-state index contributed by atoms with van der Waals surface area (Å²) in [6, 6.07) is 20.3. The quantitative estimate of drug-likeness (QED) is 0.403. The molecule has 0 saturated heterocycles. The third-order valence-corrected chi connectivity index (χ3v) is 4.56. The van der Waals surface area contributed by atoms with Gasteiger partial charge in [-0.2, -0.15) is 0 Å². The molecule has 0 amide bonds. The molecule has 1 heterocycles. The smallest absolute Gasteiger partial charge is 0.194 e. The molecule has 24 heavy (non-hydrogen) atoms. The summed E-state index contributed by atoms with van der Waals surface area (Å²) in [7, 11) is 0. The molecule has 112 valence electrons. The normalized spacial score (nSPS) is 13.2. The van der Waals surface area contributed by atoms with Crippen LogP contribution in [0.2, 0.25) is 0 Å². The van der Waals surface area contributed by atoms with Crippen molar-refractivity contribution in [2.45, 2.75) is 0 Å². The fraction of sp³-hybridized carbons (Fsp3) is 0. The monoisotopic (exact) mass is 309 g/mol. The zero-order valence-electron chi connectivity index (χ0n) is 12.6. The molecule has 0 radical (unpaired) electrons. The molecule has 3 heteroatoms. The number of ketones is 2. The van der Waals surface area contributed by atoms with E-state index >= 15 is 0 Å². The van der Waals surface area contributed by atoms with Gasteiger partial charge in [-0.15, -0.1) is 0 Å². The molecule has 0 unspecified atom stereocenters. The van der Waals surface area contributed by atoms with Gasteiger partial charge in [0.05, 0.1) is 11.0 Å². The Balaban J connectivity index is 1.85. The fourth-order valence-corrected chi connectivity index (χ4v) is 3.37. The van der Waals surface area contributed by atoms with E-state index in [0.29, 0.717) is 22.3 Å². The van der Waals surface area contributed by atoms with Crippen molar-refractivity contribution >= 4 is 33.4 Å². The number of benzene rings is 3. The van der Waals surface area contributed by atoms with Crippen LogP contribution >= 0.6 is 0 Å². The van der Waals surface area contributed by atoms with Gasteiger partial charge in [-0.25, -0.2) is 4.98 Å². The van der Waals surface area contributed by atoms with E-state index in [9.17, 15) is 9.59 Å². The van der Waals surface area contributed by atoms with Crippen LogP contribution in [0.3, 0.4) is 0 Å². The van der Waals surface area contributed by atoms with Gasteiger partial charge < -0.3 is 0 Å². The van der Waals surface area contributed by atoms with Crippen molar-refractivity contribution in [1.82, 2.24) is 4.98 Å². The molecular formula is C21H11NO2. The molecule has 1 aliphatic carbocycles. The Morgan fingerprint density at radius 3 is 1.92 bits per heavy atom. The Morgan fingerprint density at radius 1 is 0.542 bits per heavy atom. The lowest BCUT2D eigenvalue weighted by Crippen LogP contribution is -2.20. The van der Waals surface area contributed by atoms with Gasteiger partial charge in [-0.3, -0.25) is 9.59 Å². The third kappa shape index (κ3) is 1.69. The van der Waals surface area contributed by atoms with Crippen LogP contribution in [0.25, 0.3) is 21.8 Å². The van der Waals surface area contributed by atoms with Crippen LogP contribution in [0.5, 0.6) is 0 Å². The standard InChI is InChI=1S/C21H11NO2/c23-20-14-6-2-3-7-15(14)21(24)17-11-19-13(10-16(17)20)9-12-5-1-4-8-18(12)22-19/h1-11H. The van der Waals surface area contributed by atoms with E-state index in [1.807, 2.05) is 30.3 Å². The molecule has 0 saturated carbocycles. The first kappa shape index (κ1) is 13.1. The van der Waals surface area contributed by atoms with E-state index in [-0.39, 0.29) is 11.6 Å². The average Bonchev–Trinajstić information content (AvgIpc) is 2.63. The summed E-state index contributed by atoms with van der Waals surface area (Å²) in [6.07, 6.45) is 0. The highest BCUT2D eigenvalue weighted by atomic mass is 16.1. The van der Waals surface area contributed by atoms with Crippen molar-refractivity contribution in [1.29, 1.82) is 0 Å². The van der Waals surface area contributed by atoms with Gasteiger partial charge in [0.25, 0.3) is 0 Å². The van der Waals surface area contributed by atoms with Gasteiger partial charge in [0, 0.05) is 33.0 Å². The van der Waals surface area contributed by atoms with Gasteiger partial charge in [0.1, 0.15) is 0 Å². The minimum Gasteiger partial charge on any atom is -0.289 e. The minimum atomic E-state index is -0.114.